The first-order chi connectivity index (χ1) is 10.1. The zero-order valence-corrected chi connectivity index (χ0v) is 13.6. The average Bonchev–Trinajstić information content (AvgIpc) is 2.81. The third-order valence-electron chi connectivity index (χ3n) is 4.08. The molecule has 1 fully saturated rings. The van der Waals surface area contributed by atoms with Crippen LogP contribution < -0.4 is 10.5 Å². The number of aromatic nitrogens is 3. The summed E-state index contributed by atoms with van der Waals surface area (Å²) in [4.78, 5) is 21.9. The van der Waals surface area contributed by atoms with Crippen molar-refractivity contribution in [2.45, 2.75) is 32.7 Å². The summed E-state index contributed by atoms with van der Waals surface area (Å²) in [5.74, 6) is 0. The van der Waals surface area contributed by atoms with Gasteiger partial charge in [-0.2, -0.15) is 4.52 Å². The molecule has 0 radical (unpaired) electrons. The molecule has 1 unspecified atom stereocenters. The van der Waals surface area contributed by atoms with Crippen LogP contribution in [0.3, 0.4) is 0 Å². The van der Waals surface area contributed by atoms with E-state index in [0.717, 1.165) is 43.3 Å². The van der Waals surface area contributed by atoms with Crippen LogP contribution in [0.4, 0.5) is 5.13 Å². The summed E-state index contributed by atoms with van der Waals surface area (Å²) >= 11 is 1.51. The van der Waals surface area contributed by atoms with Crippen molar-refractivity contribution in [1.29, 1.82) is 0 Å². The molecule has 1 aliphatic rings. The molecule has 0 aromatic carbocycles. The van der Waals surface area contributed by atoms with Crippen molar-refractivity contribution in [3.05, 3.63) is 22.1 Å². The van der Waals surface area contributed by atoms with Crippen molar-refractivity contribution in [1.82, 2.24) is 19.5 Å². The molecule has 1 atom stereocenters. The van der Waals surface area contributed by atoms with Gasteiger partial charge < -0.3 is 9.80 Å². The third kappa shape index (κ3) is 2.80. The zero-order chi connectivity index (χ0) is 15.0. The highest BCUT2D eigenvalue weighted by molar-refractivity contribution is 7.20. The quantitative estimate of drug-likeness (QED) is 0.835. The largest absolute Gasteiger partial charge is 0.343 e. The van der Waals surface area contributed by atoms with Crippen LogP contribution in [0.15, 0.2) is 10.9 Å². The Labute approximate surface area is 128 Å². The predicted molar refractivity (Wildman–Crippen MR) is 85.4 cm³/mol. The molecule has 2 aromatic rings. The van der Waals surface area contributed by atoms with Gasteiger partial charge in [0.05, 0.1) is 0 Å². The van der Waals surface area contributed by atoms with Crippen LogP contribution in [-0.2, 0) is 6.42 Å². The maximum absolute atomic E-state index is 12.1. The van der Waals surface area contributed by atoms with Gasteiger partial charge in [-0.25, -0.2) is 4.98 Å². The first-order valence-corrected chi connectivity index (χ1v) is 8.25. The van der Waals surface area contributed by atoms with Crippen molar-refractivity contribution >= 4 is 21.4 Å². The van der Waals surface area contributed by atoms with Gasteiger partial charge in [-0.15, -0.1) is 5.10 Å². The summed E-state index contributed by atoms with van der Waals surface area (Å²) in [6.07, 6.45) is 1.87. The van der Waals surface area contributed by atoms with E-state index in [1.807, 2.05) is 6.92 Å². The van der Waals surface area contributed by atoms with Crippen molar-refractivity contribution in [2.75, 3.05) is 31.6 Å². The highest BCUT2D eigenvalue weighted by Crippen LogP contribution is 2.25. The number of rotatable bonds is 2. The highest BCUT2D eigenvalue weighted by Gasteiger charge is 2.23. The van der Waals surface area contributed by atoms with Crippen molar-refractivity contribution < 1.29 is 0 Å². The summed E-state index contributed by atoms with van der Waals surface area (Å²) < 4.78 is 1.43. The van der Waals surface area contributed by atoms with Crippen molar-refractivity contribution in [2.24, 2.45) is 0 Å². The van der Waals surface area contributed by atoms with Gasteiger partial charge in [0.25, 0.3) is 5.56 Å². The summed E-state index contributed by atoms with van der Waals surface area (Å²) in [7, 11) is 2.15. The molecule has 1 aliphatic heterocycles. The Kier molecular flexibility index (Phi) is 3.95. The van der Waals surface area contributed by atoms with Crippen molar-refractivity contribution in [3.8, 4) is 0 Å². The number of nitrogens with zero attached hydrogens (tertiary/aromatic N) is 5. The van der Waals surface area contributed by atoms with Gasteiger partial charge in [0, 0.05) is 30.9 Å². The van der Waals surface area contributed by atoms with Crippen LogP contribution in [0.25, 0.3) is 4.96 Å². The second-order valence-electron chi connectivity index (χ2n) is 5.65. The summed E-state index contributed by atoms with van der Waals surface area (Å²) in [5, 5.41) is 5.39. The number of aryl methyl sites for hydroxylation is 1. The second-order valence-corrected chi connectivity index (χ2v) is 6.59. The average molecular weight is 307 g/mol. The van der Waals surface area contributed by atoms with Gasteiger partial charge in [0.1, 0.15) is 0 Å². The van der Waals surface area contributed by atoms with Crippen LogP contribution >= 0.6 is 11.3 Å². The standard InChI is InChI=1S/C14H21N5OS/c1-4-11-9-12(20)19-13(15-11)21-14(16-19)18-8-7-17(3)6-5-10(18)2/h9-10H,4-8H2,1-3H3. The van der Waals surface area contributed by atoms with Gasteiger partial charge in [-0.05, 0) is 33.4 Å². The number of likely N-dealkylation sites (N-methyl/N-ethyl adjacent to an activating group) is 1. The lowest BCUT2D eigenvalue weighted by Gasteiger charge is -2.25. The Morgan fingerprint density at radius 2 is 2.19 bits per heavy atom. The van der Waals surface area contributed by atoms with E-state index in [1.165, 1.54) is 15.9 Å². The van der Waals surface area contributed by atoms with E-state index in [9.17, 15) is 4.79 Å². The molecule has 7 heteroatoms. The SMILES string of the molecule is CCc1cc(=O)n2nc(N3CCN(C)CCC3C)sc2n1. The molecule has 0 saturated carbocycles. The minimum absolute atomic E-state index is 0.0843. The molecular weight excluding hydrogens is 286 g/mol. The molecule has 21 heavy (non-hydrogen) atoms. The summed E-state index contributed by atoms with van der Waals surface area (Å²) in [6, 6.07) is 2.01. The first kappa shape index (κ1) is 14.5. The van der Waals surface area contributed by atoms with Crippen molar-refractivity contribution in [3.63, 3.8) is 0 Å². The lowest BCUT2D eigenvalue weighted by Crippen LogP contribution is -2.34. The highest BCUT2D eigenvalue weighted by atomic mass is 32.1. The van der Waals surface area contributed by atoms with Gasteiger partial charge >= 0.3 is 0 Å². The van der Waals surface area contributed by atoms with E-state index in [-0.39, 0.29) is 5.56 Å². The zero-order valence-electron chi connectivity index (χ0n) is 12.7. The molecule has 0 N–H and O–H groups in total. The first-order valence-electron chi connectivity index (χ1n) is 7.43. The Bertz CT molecular complexity index is 694. The molecular formula is C14H21N5OS. The third-order valence-corrected chi connectivity index (χ3v) is 5.02. The van der Waals surface area contributed by atoms with Gasteiger partial charge in [-0.1, -0.05) is 18.3 Å². The lowest BCUT2D eigenvalue weighted by molar-refractivity contribution is 0.356. The molecule has 0 spiro atoms. The number of hydrogen-bond acceptors (Lipinski definition) is 6. The van der Waals surface area contributed by atoms with Gasteiger partial charge in [0.15, 0.2) is 0 Å². The fourth-order valence-corrected chi connectivity index (χ4v) is 3.66. The van der Waals surface area contributed by atoms with E-state index in [4.69, 9.17) is 0 Å². The predicted octanol–water partition coefficient (Wildman–Crippen LogP) is 1.24. The molecule has 1 saturated heterocycles. The van der Waals surface area contributed by atoms with E-state index >= 15 is 0 Å². The Morgan fingerprint density at radius 3 is 2.95 bits per heavy atom. The lowest BCUT2D eigenvalue weighted by atomic mass is 10.2. The molecule has 6 nitrogen and oxygen atoms in total. The molecule has 0 bridgehead atoms. The fourth-order valence-electron chi connectivity index (χ4n) is 2.60. The maximum atomic E-state index is 12.1. The molecule has 114 valence electrons. The molecule has 3 rings (SSSR count). The van der Waals surface area contributed by atoms with E-state index in [2.05, 4.69) is 33.9 Å². The smallest absolute Gasteiger partial charge is 0.275 e. The molecule has 2 aromatic heterocycles. The number of fused-ring (bicyclic) bond motifs is 1. The summed E-state index contributed by atoms with van der Waals surface area (Å²) in [5.41, 5.74) is 0.748. The van der Waals surface area contributed by atoms with Crippen LogP contribution in [0.5, 0.6) is 0 Å². The topological polar surface area (TPSA) is 53.7 Å². The van der Waals surface area contributed by atoms with E-state index in [1.54, 1.807) is 6.07 Å². The van der Waals surface area contributed by atoms with Crippen LogP contribution in [0.1, 0.15) is 26.0 Å². The Morgan fingerprint density at radius 1 is 1.38 bits per heavy atom. The Hall–Kier alpha value is -1.47. The maximum Gasteiger partial charge on any atom is 0.275 e. The van der Waals surface area contributed by atoms with Gasteiger partial charge in [0.2, 0.25) is 10.1 Å². The number of anilines is 1. The van der Waals surface area contributed by atoms with Crippen LogP contribution in [0, 0.1) is 0 Å². The fraction of sp³-hybridized carbons (Fsp3) is 0.643. The van der Waals surface area contributed by atoms with Crippen LogP contribution in [-0.4, -0.2) is 52.2 Å². The number of hydrogen-bond donors (Lipinski definition) is 0. The molecule has 0 aliphatic carbocycles. The van der Waals surface area contributed by atoms with Crippen LogP contribution in [0.2, 0.25) is 0 Å². The van der Waals surface area contributed by atoms with Gasteiger partial charge in [-0.3, -0.25) is 4.79 Å². The molecule has 3 heterocycles. The summed E-state index contributed by atoms with van der Waals surface area (Å²) in [6.45, 7) is 7.28. The minimum Gasteiger partial charge on any atom is -0.343 e. The monoisotopic (exact) mass is 307 g/mol. The normalized spacial score (nSPS) is 20.9. The Balaban J connectivity index is 2.00. The van der Waals surface area contributed by atoms with E-state index in [0.29, 0.717) is 11.0 Å². The molecule has 0 amide bonds. The second kappa shape index (κ2) is 5.73. The van der Waals surface area contributed by atoms with E-state index < -0.39 is 0 Å². The minimum atomic E-state index is -0.0843.